The Bertz CT molecular complexity index is 294. The Labute approximate surface area is 98.1 Å². The summed E-state index contributed by atoms with van der Waals surface area (Å²) >= 11 is 0. The molecule has 1 fully saturated rings. The van der Waals surface area contributed by atoms with Crippen molar-refractivity contribution < 1.29 is 0 Å². The predicted octanol–water partition coefficient (Wildman–Crippen LogP) is 2.89. The number of aromatic nitrogens is 2. The molecule has 2 N–H and O–H groups in total. The molecular weight excluding hydrogens is 198 g/mol. The molecule has 1 aliphatic rings. The number of hydrogen-bond donors (Lipinski definition) is 2. The quantitative estimate of drug-likeness (QED) is 0.820. The molecular formula is C13H23N3. The van der Waals surface area contributed by atoms with Gasteiger partial charge in [-0.05, 0) is 38.1 Å². The Kier molecular flexibility index (Phi) is 3.99. The summed E-state index contributed by atoms with van der Waals surface area (Å²) in [6, 6.07) is 0.340. The van der Waals surface area contributed by atoms with Crippen LogP contribution in [0.4, 0.5) is 0 Å². The molecule has 0 saturated heterocycles. The molecule has 3 heteroatoms. The van der Waals surface area contributed by atoms with Crippen LogP contribution in [0.5, 0.6) is 0 Å². The SMILES string of the molecule is CC1CCCC(CNC(C)c2ncc[nH]2)C1. The molecule has 0 aliphatic heterocycles. The number of H-pyrrole nitrogens is 1. The van der Waals surface area contributed by atoms with Gasteiger partial charge in [0.25, 0.3) is 0 Å². The summed E-state index contributed by atoms with van der Waals surface area (Å²) in [5.41, 5.74) is 0. The first-order chi connectivity index (χ1) is 7.75. The average molecular weight is 221 g/mol. The van der Waals surface area contributed by atoms with E-state index in [0.717, 1.165) is 24.2 Å². The molecule has 16 heavy (non-hydrogen) atoms. The lowest BCUT2D eigenvalue weighted by molar-refractivity contribution is 0.268. The van der Waals surface area contributed by atoms with Gasteiger partial charge < -0.3 is 10.3 Å². The summed E-state index contributed by atoms with van der Waals surface area (Å²) in [5.74, 6) is 2.82. The summed E-state index contributed by atoms with van der Waals surface area (Å²) in [6.07, 6.45) is 9.30. The lowest BCUT2D eigenvalue weighted by atomic mass is 9.82. The van der Waals surface area contributed by atoms with Crippen molar-refractivity contribution in [2.75, 3.05) is 6.54 Å². The predicted molar refractivity (Wildman–Crippen MR) is 66.1 cm³/mol. The molecule has 90 valence electrons. The molecule has 3 unspecified atom stereocenters. The first-order valence-electron chi connectivity index (χ1n) is 6.48. The summed E-state index contributed by atoms with van der Waals surface area (Å²) < 4.78 is 0. The van der Waals surface area contributed by atoms with E-state index in [1.165, 1.54) is 25.7 Å². The Morgan fingerprint density at radius 2 is 2.44 bits per heavy atom. The van der Waals surface area contributed by atoms with Gasteiger partial charge in [0.1, 0.15) is 5.82 Å². The Morgan fingerprint density at radius 3 is 3.12 bits per heavy atom. The highest BCUT2D eigenvalue weighted by Gasteiger charge is 2.19. The zero-order chi connectivity index (χ0) is 11.4. The number of imidazole rings is 1. The molecule has 0 aromatic carbocycles. The van der Waals surface area contributed by atoms with Gasteiger partial charge in [0.15, 0.2) is 0 Å². The maximum atomic E-state index is 4.28. The molecule has 0 spiro atoms. The normalized spacial score (nSPS) is 27.9. The van der Waals surface area contributed by atoms with E-state index < -0.39 is 0 Å². The molecule has 0 bridgehead atoms. The van der Waals surface area contributed by atoms with Crippen LogP contribution in [0.25, 0.3) is 0 Å². The van der Waals surface area contributed by atoms with E-state index in [0.29, 0.717) is 6.04 Å². The van der Waals surface area contributed by atoms with Crippen LogP contribution in [0.1, 0.15) is 51.4 Å². The second-order valence-electron chi connectivity index (χ2n) is 5.24. The molecule has 0 amide bonds. The minimum absolute atomic E-state index is 0.340. The minimum atomic E-state index is 0.340. The van der Waals surface area contributed by atoms with Crippen molar-refractivity contribution in [3.8, 4) is 0 Å². The number of nitrogens with zero attached hydrogens (tertiary/aromatic N) is 1. The zero-order valence-electron chi connectivity index (χ0n) is 10.4. The Morgan fingerprint density at radius 1 is 1.56 bits per heavy atom. The van der Waals surface area contributed by atoms with Gasteiger partial charge in [0.2, 0.25) is 0 Å². The van der Waals surface area contributed by atoms with Crippen LogP contribution in [-0.4, -0.2) is 16.5 Å². The molecule has 1 aromatic heterocycles. The monoisotopic (exact) mass is 221 g/mol. The number of rotatable bonds is 4. The topological polar surface area (TPSA) is 40.7 Å². The van der Waals surface area contributed by atoms with Gasteiger partial charge in [-0.15, -0.1) is 0 Å². The maximum Gasteiger partial charge on any atom is 0.122 e. The fraction of sp³-hybridized carbons (Fsp3) is 0.769. The van der Waals surface area contributed by atoms with Crippen molar-refractivity contribution in [3.63, 3.8) is 0 Å². The molecule has 2 rings (SSSR count). The number of nitrogens with one attached hydrogen (secondary N) is 2. The molecule has 3 nitrogen and oxygen atoms in total. The van der Waals surface area contributed by atoms with E-state index >= 15 is 0 Å². The largest absolute Gasteiger partial charge is 0.347 e. The second kappa shape index (κ2) is 5.48. The van der Waals surface area contributed by atoms with Crippen LogP contribution in [0.3, 0.4) is 0 Å². The third-order valence-corrected chi connectivity index (χ3v) is 3.69. The highest BCUT2D eigenvalue weighted by molar-refractivity contribution is 4.93. The van der Waals surface area contributed by atoms with Gasteiger partial charge in [-0.25, -0.2) is 4.98 Å². The summed E-state index contributed by atoms with van der Waals surface area (Å²) in [5, 5.41) is 3.58. The van der Waals surface area contributed by atoms with E-state index in [1.54, 1.807) is 0 Å². The number of hydrogen-bond acceptors (Lipinski definition) is 2. The fourth-order valence-corrected chi connectivity index (χ4v) is 2.70. The van der Waals surface area contributed by atoms with E-state index in [2.05, 4.69) is 29.1 Å². The lowest BCUT2D eigenvalue weighted by Gasteiger charge is -2.27. The van der Waals surface area contributed by atoms with E-state index in [4.69, 9.17) is 0 Å². The smallest absolute Gasteiger partial charge is 0.122 e. The van der Waals surface area contributed by atoms with Crippen LogP contribution in [-0.2, 0) is 0 Å². The van der Waals surface area contributed by atoms with Gasteiger partial charge in [-0.2, -0.15) is 0 Å². The van der Waals surface area contributed by atoms with Crippen molar-refractivity contribution in [1.82, 2.24) is 15.3 Å². The van der Waals surface area contributed by atoms with Crippen LogP contribution in [0, 0.1) is 11.8 Å². The third-order valence-electron chi connectivity index (χ3n) is 3.69. The van der Waals surface area contributed by atoms with E-state index in [-0.39, 0.29) is 0 Å². The molecule has 1 saturated carbocycles. The standard InChI is InChI=1S/C13H23N3/c1-10-4-3-5-12(8-10)9-16-11(2)13-14-6-7-15-13/h6-7,10-12,16H,3-5,8-9H2,1-2H3,(H,14,15). The van der Waals surface area contributed by atoms with Gasteiger partial charge in [0, 0.05) is 12.4 Å². The van der Waals surface area contributed by atoms with Crippen molar-refractivity contribution in [2.45, 2.75) is 45.6 Å². The molecule has 0 radical (unpaired) electrons. The van der Waals surface area contributed by atoms with Gasteiger partial charge in [-0.3, -0.25) is 0 Å². The summed E-state index contributed by atoms with van der Waals surface area (Å²) in [7, 11) is 0. The van der Waals surface area contributed by atoms with Crippen molar-refractivity contribution in [3.05, 3.63) is 18.2 Å². The van der Waals surface area contributed by atoms with Crippen molar-refractivity contribution in [1.29, 1.82) is 0 Å². The molecule has 1 heterocycles. The van der Waals surface area contributed by atoms with Crippen LogP contribution in [0.15, 0.2) is 12.4 Å². The minimum Gasteiger partial charge on any atom is -0.347 e. The second-order valence-corrected chi connectivity index (χ2v) is 5.24. The highest BCUT2D eigenvalue weighted by atomic mass is 15.0. The van der Waals surface area contributed by atoms with Crippen molar-refractivity contribution in [2.24, 2.45) is 11.8 Å². The Balaban J connectivity index is 1.74. The summed E-state index contributed by atoms with van der Waals surface area (Å²) in [4.78, 5) is 7.44. The van der Waals surface area contributed by atoms with Gasteiger partial charge in [-0.1, -0.05) is 19.8 Å². The van der Waals surface area contributed by atoms with Crippen LogP contribution < -0.4 is 5.32 Å². The lowest BCUT2D eigenvalue weighted by Crippen LogP contribution is -2.29. The first-order valence-corrected chi connectivity index (χ1v) is 6.48. The third kappa shape index (κ3) is 3.08. The van der Waals surface area contributed by atoms with E-state index in [9.17, 15) is 0 Å². The average Bonchev–Trinajstić information content (AvgIpc) is 2.79. The fourth-order valence-electron chi connectivity index (χ4n) is 2.70. The maximum absolute atomic E-state index is 4.28. The molecule has 1 aromatic rings. The Hall–Kier alpha value is -0.830. The zero-order valence-corrected chi connectivity index (χ0v) is 10.4. The molecule has 3 atom stereocenters. The van der Waals surface area contributed by atoms with E-state index in [1.807, 2.05) is 12.4 Å². The highest BCUT2D eigenvalue weighted by Crippen LogP contribution is 2.28. The van der Waals surface area contributed by atoms with Crippen molar-refractivity contribution >= 4 is 0 Å². The van der Waals surface area contributed by atoms with Gasteiger partial charge in [0.05, 0.1) is 6.04 Å². The molecule has 1 aliphatic carbocycles. The number of aromatic amines is 1. The first kappa shape index (κ1) is 11.6. The summed E-state index contributed by atoms with van der Waals surface area (Å²) in [6.45, 7) is 5.68. The van der Waals surface area contributed by atoms with Crippen LogP contribution in [0.2, 0.25) is 0 Å². The van der Waals surface area contributed by atoms with Crippen LogP contribution >= 0.6 is 0 Å². The van der Waals surface area contributed by atoms with Gasteiger partial charge >= 0.3 is 0 Å².